The van der Waals surface area contributed by atoms with Gasteiger partial charge in [0.15, 0.2) is 11.5 Å². The predicted molar refractivity (Wildman–Crippen MR) is 124 cm³/mol. The van der Waals surface area contributed by atoms with Crippen LogP contribution in [0.2, 0.25) is 5.02 Å². The van der Waals surface area contributed by atoms with E-state index in [1.807, 2.05) is 30.3 Å². The molecular formula is C25H26ClNO5. The molecule has 0 aliphatic carbocycles. The SMILES string of the molecule is COc1ccc(C(=O)NCCc2ccc(OC)c(OC)c2)cc1COc1cccc(Cl)c1. The first kappa shape index (κ1) is 23.3. The van der Waals surface area contributed by atoms with Gasteiger partial charge in [0.25, 0.3) is 5.91 Å². The Morgan fingerprint density at radius 2 is 1.62 bits per heavy atom. The van der Waals surface area contributed by atoms with Crippen LogP contribution in [0.5, 0.6) is 23.0 Å². The molecule has 0 aromatic heterocycles. The Balaban J connectivity index is 1.62. The third-order valence-electron chi connectivity index (χ3n) is 4.88. The van der Waals surface area contributed by atoms with Crippen LogP contribution in [0.4, 0.5) is 0 Å². The minimum Gasteiger partial charge on any atom is -0.496 e. The van der Waals surface area contributed by atoms with E-state index in [1.165, 1.54) is 0 Å². The minimum absolute atomic E-state index is 0.169. The number of amides is 1. The summed E-state index contributed by atoms with van der Waals surface area (Å²) in [7, 11) is 4.78. The maximum absolute atomic E-state index is 12.7. The fourth-order valence-electron chi connectivity index (χ4n) is 3.21. The highest BCUT2D eigenvalue weighted by Gasteiger charge is 2.12. The lowest BCUT2D eigenvalue weighted by atomic mass is 10.1. The molecule has 32 heavy (non-hydrogen) atoms. The lowest BCUT2D eigenvalue weighted by Gasteiger charge is -2.13. The zero-order valence-corrected chi connectivity index (χ0v) is 19.1. The molecule has 0 aliphatic rings. The predicted octanol–water partition coefficient (Wildman–Crippen LogP) is 4.92. The van der Waals surface area contributed by atoms with Gasteiger partial charge in [-0.2, -0.15) is 0 Å². The molecule has 0 radical (unpaired) electrons. The Hall–Kier alpha value is -3.38. The number of carbonyl (C=O) groups excluding carboxylic acids is 1. The molecule has 0 unspecified atom stereocenters. The van der Waals surface area contributed by atoms with Crippen molar-refractivity contribution in [2.24, 2.45) is 0 Å². The summed E-state index contributed by atoms with van der Waals surface area (Å²) in [5, 5.41) is 3.54. The molecule has 0 aliphatic heterocycles. The van der Waals surface area contributed by atoms with Crippen LogP contribution in [0, 0.1) is 0 Å². The molecule has 0 saturated carbocycles. The number of hydrogen-bond acceptors (Lipinski definition) is 5. The van der Waals surface area contributed by atoms with E-state index in [0.717, 1.165) is 11.1 Å². The van der Waals surface area contributed by atoms with Crippen LogP contribution in [0.3, 0.4) is 0 Å². The van der Waals surface area contributed by atoms with Gasteiger partial charge in [-0.25, -0.2) is 0 Å². The van der Waals surface area contributed by atoms with Crippen LogP contribution in [-0.2, 0) is 13.0 Å². The molecule has 3 rings (SSSR count). The van der Waals surface area contributed by atoms with E-state index in [9.17, 15) is 4.79 Å². The molecule has 3 aromatic carbocycles. The van der Waals surface area contributed by atoms with Crippen molar-refractivity contribution >= 4 is 17.5 Å². The molecule has 0 spiro atoms. The maximum Gasteiger partial charge on any atom is 0.251 e. The Morgan fingerprint density at radius 3 is 2.34 bits per heavy atom. The molecule has 0 saturated heterocycles. The van der Waals surface area contributed by atoms with Crippen molar-refractivity contribution in [2.75, 3.05) is 27.9 Å². The number of ether oxygens (including phenoxy) is 4. The largest absolute Gasteiger partial charge is 0.496 e. The van der Waals surface area contributed by atoms with E-state index in [1.54, 1.807) is 51.7 Å². The van der Waals surface area contributed by atoms with E-state index in [2.05, 4.69) is 5.32 Å². The first-order valence-corrected chi connectivity index (χ1v) is 10.5. The zero-order valence-electron chi connectivity index (χ0n) is 18.3. The highest BCUT2D eigenvalue weighted by Crippen LogP contribution is 2.28. The molecule has 3 aromatic rings. The van der Waals surface area contributed by atoms with Gasteiger partial charge in [0.05, 0.1) is 21.3 Å². The van der Waals surface area contributed by atoms with Gasteiger partial charge in [0.1, 0.15) is 18.1 Å². The second-order valence-electron chi connectivity index (χ2n) is 6.97. The third kappa shape index (κ3) is 6.08. The number of nitrogens with one attached hydrogen (secondary N) is 1. The van der Waals surface area contributed by atoms with Crippen LogP contribution >= 0.6 is 11.6 Å². The molecule has 168 valence electrons. The van der Waals surface area contributed by atoms with Crippen molar-refractivity contribution in [3.8, 4) is 23.0 Å². The average Bonchev–Trinajstić information content (AvgIpc) is 2.82. The van der Waals surface area contributed by atoms with Crippen molar-refractivity contribution in [3.05, 3.63) is 82.4 Å². The number of carbonyl (C=O) groups is 1. The van der Waals surface area contributed by atoms with Crippen LogP contribution in [0.25, 0.3) is 0 Å². The van der Waals surface area contributed by atoms with Gasteiger partial charge < -0.3 is 24.3 Å². The second kappa shape index (κ2) is 11.3. The highest BCUT2D eigenvalue weighted by molar-refractivity contribution is 6.30. The number of halogens is 1. The molecule has 0 bridgehead atoms. The number of rotatable bonds is 10. The van der Waals surface area contributed by atoms with Gasteiger partial charge in [0.2, 0.25) is 0 Å². The van der Waals surface area contributed by atoms with E-state index in [-0.39, 0.29) is 12.5 Å². The van der Waals surface area contributed by atoms with Crippen LogP contribution in [0.15, 0.2) is 60.7 Å². The average molecular weight is 456 g/mol. The standard InChI is InChI=1S/C25H26ClNO5/c1-29-22-10-8-18(14-19(22)16-32-21-6-4-5-20(26)15-21)25(28)27-12-11-17-7-9-23(30-2)24(13-17)31-3/h4-10,13-15H,11-12,16H2,1-3H3,(H,27,28). The molecule has 1 amide bonds. The summed E-state index contributed by atoms with van der Waals surface area (Å²) in [6.45, 7) is 0.727. The number of methoxy groups -OCH3 is 3. The topological polar surface area (TPSA) is 66.0 Å². The first-order valence-electron chi connectivity index (χ1n) is 10.1. The Labute approximate surface area is 193 Å². The highest BCUT2D eigenvalue weighted by atomic mass is 35.5. The lowest BCUT2D eigenvalue weighted by molar-refractivity contribution is 0.0954. The normalized spacial score (nSPS) is 10.4. The Kier molecular flexibility index (Phi) is 8.22. The van der Waals surface area contributed by atoms with Crippen molar-refractivity contribution in [3.63, 3.8) is 0 Å². The summed E-state index contributed by atoms with van der Waals surface area (Å²) >= 11 is 6.01. The van der Waals surface area contributed by atoms with Crippen LogP contribution in [0.1, 0.15) is 21.5 Å². The maximum atomic E-state index is 12.7. The number of hydrogen-bond donors (Lipinski definition) is 1. The second-order valence-corrected chi connectivity index (χ2v) is 7.40. The number of benzene rings is 3. The first-order chi connectivity index (χ1) is 15.5. The summed E-state index contributed by atoms with van der Waals surface area (Å²) in [6, 6.07) is 18.1. The third-order valence-corrected chi connectivity index (χ3v) is 5.12. The summed E-state index contributed by atoms with van der Waals surface area (Å²) in [6.07, 6.45) is 0.660. The smallest absolute Gasteiger partial charge is 0.251 e. The van der Waals surface area contributed by atoms with Crippen LogP contribution < -0.4 is 24.3 Å². The van der Waals surface area contributed by atoms with Gasteiger partial charge in [-0.3, -0.25) is 4.79 Å². The monoisotopic (exact) mass is 455 g/mol. The van der Waals surface area contributed by atoms with Gasteiger partial charge in [-0.15, -0.1) is 0 Å². The van der Waals surface area contributed by atoms with E-state index in [4.69, 9.17) is 30.5 Å². The summed E-state index contributed by atoms with van der Waals surface area (Å²) < 4.78 is 21.8. The lowest BCUT2D eigenvalue weighted by Crippen LogP contribution is -2.25. The molecule has 0 heterocycles. The Morgan fingerprint density at radius 1 is 0.875 bits per heavy atom. The minimum atomic E-state index is -0.169. The summed E-state index contributed by atoms with van der Waals surface area (Å²) in [5.74, 6) is 2.46. The molecule has 7 heteroatoms. The Bertz CT molecular complexity index is 1070. The van der Waals surface area contributed by atoms with Gasteiger partial charge in [-0.05, 0) is 60.5 Å². The van der Waals surface area contributed by atoms with Crippen molar-refractivity contribution in [1.29, 1.82) is 0 Å². The summed E-state index contributed by atoms with van der Waals surface area (Å²) in [4.78, 5) is 12.7. The fraction of sp³-hybridized carbons (Fsp3) is 0.240. The summed E-state index contributed by atoms with van der Waals surface area (Å²) in [5.41, 5.74) is 2.33. The fourth-order valence-corrected chi connectivity index (χ4v) is 3.39. The molecule has 0 fully saturated rings. The molecule has 0 atom stereocenters. The van der Waals surface area contributed by atoms with Gasteiger partial charge in [-0.1, -0.05) is 23.7 Å². The van der Waals surface area contributed by atoms with E-state index in [0.29, 0.717) is 46.5 Å². The molecular weight excluding hydrogens is 430 g/mol. The van der Waals surface area contributed by atoms with Gasteiger partial charge in [0, 0.05) is 22.7 Å². The van der Waals surface area contributed by atoms with Crippen molar-refractivity contribution < 1.29 is 23.7 Å². The van der Waals surface area contributed by atoms with Crippen molar-refractivity contribution in [2.45, 2.75) is 13.0 Å². The van der Waals surface area contributed by atoms with E-state index >= 15 is 0 Å². The van der Waals surface area contributed by atoms with Gasteiger partial charge >= 0.3 is 0 Å². The molecule has 6 nitrogen and oxygen atoms in total. The quantitative estimate of drug-likeness (QED) is 0.470. The van der Waals surface area contributed by atoms with Crippen LogP contribution in [-0.4, -0.2) is 33.8 Å². The van der Waals surface area contributed by atoms with E-state index < -0.39 is 0 Å². The zero-order chi connectivity index (χ0) is 22.9. The van der Waals surface area contributed by atoms with Crippen molar-refractivity contribution in [1.82, 2.24) is 5.32 Å². The molecule has 1 N–H and O–H groups in total.